The smallest absolute Gasteiger partial charge is 0.277 e. The van der Waals surface area contributed by atoms with Gasteiger partial charge < -0.3 is 10.2 Å². The third-order valence-electron chi connectivity index (χ3n) is 4.24. The van der Waals surface area contributed by atoms with Crippen LogP contribution < -0.4 is 5.32 Å². The summed E-state index contributed by atoms with van der Waals surface area (Å²) in [6.07, 6.45) is 0. The van der Waals surface area contributed by atoms with Crippen molar-refractivity contribution in [3.63, 3.8) is 0 Å². The molecule has 0 aromatic heterocycles. The molecule has 2 rings (SSSR count). The van der Waals surface area contributed by atoms with Crippen LogP contribution in [0.5, 0.6) is 0 Å². The predicted octanol–water partition coefficient (Wildman–Crippen LogP) is 3.14. The number of nitro benzene ring substituents is 2. The van der Waals surface area contributed by atoms with Crippen molar-refractivity contribution in [3.05, 3.63) is 72.8 Å². The van der Waals surface area contributed by atoms with Gasteiger partial charge in [-0.25, -0.2) is 0 Å². The Morgan fingerprint density at radius 1 is 0.931 bits per heavy atom. The number of non-ortho nitro benzene ring substituents is 2. The van der Waals surface area contributed by atoms with Crippen LogP contribution in [0.3, 0.4) is 0 Å². The van der Waals surface area contributed by atoms with Crippen LogP contribution in [0.15, 0.2) is 30.3 Å². The number of rotatable bonds is 6. The second kappa shape index (κ2) is 8.46. The van der Waals surface area contributed by atoms with E-state index in [1.54, 1.807) is 0 Å². The molecule has 29 heavy (non-hydrogen) atoms. The van der Waals surface area contributed by atoms with Crippen molar-refractivity contribution in [3.8, 4) is 0 Å². The van der Waals surface area contributed by atoms with Gasteiger partial charge in [0.15, 0.2) is 0 Å². The standard InChI is InChI=1S/C19H20N4O6/c1-11-5-12(2)18(13(3)6-11)20-17(24)10-21(4)19(25)14-7-15(22(26)27)9-16(8-14)23(28)29/h5-9H,10H2,1-4H3,(H,20,24). The van der Waals surface area contributed by atoms with Gasteiger partial charge in [-0.3, -0.25) is 29.8 Å². The lowest BCUT2D eigenvalue weighted by Crippen LogP contribution is -2.35. The number of nitrogens with one attached hydrogen (secondary N) is 1. The Balaban J connectivity index is 2.20. The first-order chi connectivity index (χ1) is 13.5. The number of aryl methyl sites for hydroxylation is 3. The first kappa shape index (κ1) is 21.5. The Labute approximate surface area is 166 Å². The SMILES string of the molecule is Cc1cc(C)c(NC(=O)CN(C)C(=O)c2cc([N+](=O)[O-])cc([N+](=O)[O-])c2)c(C)c1. The van der Waals surface area contributed by atoms with Gasteiger partial charge in [0.25, 0.3) is 17.3 Å². The van der Waals surface area contributed by atoms with E-state index in [0.717, 1.165) is 39.8 Å². The summed E-state index contributed by atoms with van der Waals surface area (Å²) >= 11 is 0. The second-order valence-electron chi connectivity index (χ2n) is 6.74. The molecule has 0 heterocycles. The molecule has 2 amide bonds. The fraction of sp³-hybridized carbons (Fsp3) is 0.263. The van der Waals surface area contributed by atoms with E-state index in [-0.39, 0.29) is 12.1 Å². The zero-order chi connectivity index (χ0) is 21.9. The zero-order valence-electron chi connectivity index (χ0n) is 16.4. The van der Waals surface area contributed by atoms with E-state index in [1.807, 2.05) is 32.9 Å². The zero-order valence-corrected chi connectivity index (χ0v) is 16.4. The molecular weight excluding hydrogens is 380 g/mol. The quantitative estimate of drug-likeness (QED) is 0.584. The maximum absolute atomic E-state index is 12.6. The summed E-state index contributed by atoms with van der Waals surface area (Å²) in [5, 5.41) is 24.7. The number of anilines is 1. The van der Waals surface area contributed by atoms with E-state index < -0.39 is 33.0 Å². The van der Waals surface area contributed by atoms with Crippen molar-refractivity contribution >= 4 is 28.9 Å². The molecule has 10 nitrogen and oxygen atoms in total. The minimum Gasteiger partial charge on any atom is -0.332 e. The minimum atomic E-state index is -0.820. The van der Waals surface area contributed by atoms with E-state index in [1.165, 1.54) is 7.05 Å². The Morgan fingerprint density at radius 2 is 1.41 bits per heavy atom. The highest BCUT2D eigenvalue weighted by Crippen LogP contribution is 2.24. The van der Waals surface area contributed by atoms with Gasteiger partial charge in [0.05, 0.1) is 28.0 Å². The number of hydrogen-bond acceptors (Lipinski definition) is 6. The molecule has 2 aromatic carbocycles. The van der Waals surface area contributed by atoms with Gasteiger partial charge in [0.1, 0.15) is 0 Å². The molecule has 2 aromatic rings. The monoisotopic (exact) mass is 400 g/mol. The molecule has 0 aliphatic rings. The van der Waals surface area contributed by atoms with Crippen molar-refractivity contribution in [2.24, 2.45) is 0 Å². The summed E-state index contributed by atoms with van der Waals surface area (Å²) in [5.74, 6) is -1.21. The Kier molecular flexibility index (Phi) is 6.27. The fourth-order valence-electron chi connectivity index (χ4n) is 2.99. The van der Waals surface area contributed by atoms with Gasteiger partial charge in [-0.15, -0.1) is 0 Å². The van der Waals surface area contributed by atoms with Gasteiger partial charge in [0, 0.05) is 24.9 Å². The highest BCUT2D eigenvalue weighted by molar-refractivity contribution is 6.00. The molecule has 0 unspecified atom stereocenters. The molecule has 0 spiro atoms. The van der Waals surface area contributed by atoms with Crippen LogP contribution in [0.1, 0.15) is 27.0 Å². The molecule has 0 radical (unpaired) electrons. The average Bonchev–Trinajstić information content (AvgIpc) is 2.63. The van der Waals surface area contributed by atoms with E-state index in [4.69, 9.17) is 0 Å². The number of benzene rings is 2. The van der Waals surface area contributed by atoms with Crippen molar-refractivity contribution in [2.75, 3.05) is 18.9 Å². The normalized spacial score (nSPS) is 10.3. The number of nitrogens with zero attached hydrogens (tertiary/aromatic N) is 3. The molecule has 0 aliphatic carbocycles. The van der Waals surface area contributed by atoms with Gasteiger partial charge in [0.2, 0.25) is 5.91 Å². The minimum absolute atomic E-state index is 0.246. The van der Waals surface area contributed by atoms with Crippen molar-refractivity contribution in [2.45, 2.75) is 20.8 Å². The number of likely N-dealkylation sites (N-methyl/N-ethyl adjacent to an activating group) is 1. The number of hydrogen-bond donors (Lipinski definition) is 1. The maximum Gasteiger partial charge on any atom is 0.277 e. The Hall–Kier alpha value is -3.82. The molecule has 0 bridgehead atoms. The first-order valence-electron chi connectivity index (χ1n) is 8.56. The van der Waals surface area contributed by atoms with Gasteiger partial charge in [-0.05, 0) is 31.9 Å². The summed E-state index contributed by atoms with van der Waals surface area (Å²) in [6.45, 7) is 5.32. The highest BCUT2D eigenvalue weighted by Gasteiger charge is 2.23. The summed E-state index contributed by atoms with van der Waals surface area (Å²) in [7, 11) is 1.33. The fourth-order valence-corrected chi connectivity index (χ4v) is 2.99. The molecular formula is C19H20N4O6. The lowest BCUT2D eigenvalue weighted by atomic mass is 10.1. The molecule has 0 aliphatic heterocycles. The molecule has 0 fully saturated rings. The van der Waals surface area contributed by atoms with Crippen molar-refractivity contribution in [1.29, 1.82) is 0 Å². The van der Waals surface area contributed by atoms with Crippen LogP contribution in [0.25, 0.3) is 0 Å². The largest absolute Gasteiger partial charge is 0.332 e. The molecule has 10 heteroatoms. The van der Waals surface area contributed by atoms with Gasteiger partial charge in [-0.2, -0.15) is 0 Å². The molecule has 0 saturated heterocycles. The van der Waals surface area contributed by atoms with Crippen LogP contribution in [0, 0.1) is 41.0 Å². The summed E-state index contributed by atoms with van der Waals surface area (Å²) in [5.41, 5.74) is 2.05. The van der Waals surface area contributed by atoms with Crippen LogP contribution in [-0.2, 0) is 4.79 Å². The maximum atomic E-state index is 12.6. The van der Waals surface area contributed by atoms with Crippen molar-refractivity contribution < 1.29 is 19.4 Å². The first-order valence-corrected chi connectivity index (χ1v) is 8.56. The third-order valence-corrected chi connectivity index (χ3v) is 4.24. The van der Waals surface area contributed by atoms with Crippen LogP contribution >= 0.6 is 0 Å². The molecule has 152 valence electrons. The third kappa shape index (κ3) is 5.12. The van der Waals surface area contributed by atoms with E-state index in [9.17, 15) is 29.8 Å². The van der Waals surface area contributed by atoms with Crippen LogP contribution in [-0.4, -0.2) is 40.2 Å². The Morgan fingerprint density at radius 3 is 1.86 bits per heavy atom. The van der Waals surface area contributed by atoms with Crippen molar-refractivity contribution in [1.82, 2.24) is 4.90 Å². The second-order valence-corrected chi connectivity index (χ2v) is 6.74. The van der Waals surface area contributed by atoms with Gasteiger partial charge >= 0.3 is 0 Å². The number of nitro groups is 2. The van der Waals surface area contributed by atoms with Crippen LogP contribution in [0.2, 0.25) is 0 Å². The lowest BCUT2D eigenvalue weighted by Gasteiger charge is -2.18. The predicted molar refractivity (Wildman–Crippen MR) is 106 cm³/mol. The molecule has 0 saturated carbocycles. The molecule has 0 atom stereocenters. The van der Waals surface area contributed by atoms with Gasteiger partial charge in [-0.1, -0.05) is 17.7 Å². The summed E-state index contributed by atoms with van der Waals surface area (Å²) in [4.78, 5) is 46.3. The topological polar surface area (TPSA) is 136 Å². The molecule has 1 N–H and O–H groups in total. The number of amides is 2. The lowest BCUT2D eigenvalue weighted by molar-refractivity contribution is -0.394. The number of carbonyl (C=O) groups is 2. The van der Waals surface area contributed by atoms with E-state index >= 15 is 0 Å². The summed E-state index contributed by atoms with van der Waals surface area (Å²) < 4.78 is 0. The van der Waals surface area contributed by atoms with Crippen LogP contribution in [0.4, 0.5) is 17.1 Å². The highest BCUT2D eigenvalue weighted by atomic mass is 16.6. The van der Waals surface area contributed by atoms with E-state index in [2.05, 4.69) is 5.32 Å². The Bertz CT molecular complexity index is 962. The summed E-state index contributed by atoms with van der Waals surface area (Å²) in [6, 6.07) is 6.49. The average molecular weight is 400 g/mol. The number of carbonyl (C=O) groups excluding carboxylic acids is 2. The van der Waals surface area contributed by atoms with E-state index in [0.29, 0.717) is 5.69 Å².